The molecule has 0 aliphatic heterocycles. The van der Waals surface area contributed by atoms with Crippen LogP contribution < -0.4 is 5.32 Å². The van der Waals surface area contributed by atoms with Crippen LogP contribution in [0.2, 0.25) is 0 Å². The molecule has 0 unspecified atom stereocenters. The number of nitrogens with one attached hydrogen (secondary N) is 1. The lowest BCUT2D eigenvalue weighted by atomic mass is 10.2. The van der Waals surface area contributed by atoms with Crippen molar-refractivity contribution in [2.24, 2.45) is 0 Å². The molecule has 0 bridgehead atoms. The van der Waals surface area contributed by atoms with Gasteiger partial charge in [-0.2, -0.15) is 0 Å². The van der Waals surface area contributed by atoms with Gasteiger partial charge in [0.25, 0.3) is 0 Å². The number of carbonyl (C=O) groups is 1. The van der Waals surface area contributed by atoms with E-state index in [4.69, 9.17) is 5.11 Å². The Morgan fingerprint density at radius 1 is 1.64 bits per heavy atom. The van der Waals surface area contributed by atoms with E-state index >= 15 is 0 Å². The molecule has 14 heavy (non-hydrogen) atoms. The number of hydrogen-bond acceptors (Lipinski definition) is 2. The van der Waals surface area contributed by atoms with Crippen LogP contribution >= 0.6 is 0 Å². The van der Waals surface area contributed by atoms with E-state index in [2.05, 4.69) is 5.32 Å². The van der Waals surface area contributed by atoms with Crippen molar-refractivity contribution < 1.29 is 14.3 Å². The third-order valence-electron chi connectivity index (χ3n) is 1.87. The third-order valence-corrected chi connectivity index (χ3v) is 1.87. The number of carboxylic acid groups (broad SMARTS) is 1. The van der Waals surface area contributed by atoms with Gasteiger partial charge in [0.15, 0.2) is 0 Å². The number of benzene rings is 1. The summed E-state index contributed by atoms with van der Waals surface area (Å²) >= 11 is 0. The van der Waals surface area contributed by atoms with Gasteiger partial charge in [-0.1, -0.05) is 13.0 Å². The maximum absolute atomic E-state index is 12.7. The average Bonchev–Trinajstić information content (AvgIpc) is 2.14. The molecule has 0 fully saturated rings. The summed E-state index contributed by atoms with van der Waals surface area (Å²) in [5.41, 5.74) is 0.485. The molecule has 76 valence electrons. The maximum Gasteiger partial charge on any atom is 0.326 e. The molecule has 1 rings (SSSR count). The second-order valence-electron chi connectivity index (χ2n) is 2.95. The lowest BCUT2D eigenvalue weighted by Crippen LogP contribution is -2.28. The first-order chi connectivity index (χ1) is 6.63. The Kier molecular flexibility index (Phi) is 3.45. The molecule has 0 saturated heterocycles. The molecule has 1 atom stereocenters. The largest absolute Gasteiger partial charge is 0.480 e. The van der Waals surface area contributed by atoms with E-state index < -0.39 is 12.0 Å². The fourth-order valence-electron chi connectivity index (χ4n) is 1.12. The second-order valence-corrected chi connectivity index (χ2v) is 2.95. The first-order valence-electron chi connectivity index (χ1n) is 4.38. The quantitative estimate of drug-likeness (QED) is 0.777. The van der Waals surface area contributed by atoms with Gasteiger partial charge in [-0.25, -0.2) is 9.18 Å². The monoisotopic (exact) mass is 197 g/mol. The molecular weight excluding hydrogens is 185 g/mol. The van der Waals surface area contributed by atoms with Crippen molar-refractivity contribution in [3.63, 3.8) is 0 Å². The SMILES string of the molecule is CC[C@@H](Nc1cccc(F)c1)C(=O)O. The summed E-state index contributed by atoms with van der Waals surface area (Å²) in [6.07, 6.45) is 0.450. The van der Waals surface area contributed by atoms with Crippen LogP contribution in [0, 0.1) is 5.82 Å². The molecule has 0 heterocycles. The molecule has 4 heteroatoms. The summed E-state index contributed by atoms with van der Waals surface area (Å²) in [6, 6.07) is 5.08. The minimum absolute atomic E-state index is 0.379. The van der Waals surface area contributed by atoms with Gasteiger partial charge in [-0.05, 0) is 24.6 Å². The lowest BCUT2D eigenvalue weighted by Gasteiger charge is -2.13. The zero-order valence-electron chi connectivity index (χ0n) is 7.83. The van der Waals surface area contributed by atoms with Crippen molar-refractivity contribution in [2.75, 3.05) is 5.32 Å². The van der Waals surface area contributed by atoms with E-state index in [0.717, 1.165) is 0 Å². The summed E-state index contributed by atoms with van der Waals surface area (Å²) < 4.78 is 12.7. The molecule has 0 radical (unpaired) electrons. The number of anilines is 1. The Morgan fingerprint density at radius 2 is 2.36 bits per heavy atom. The zero-order valence-corrected chi connectivity index (χ0v) is 7.83. The standard InChI is InChI=1S/C10H12FNO2/c1-2-9(10(13)14)12-8-5-3-4-7(11)6-8/h3-6,9,12H,2H2,1H3,(H,13,14)/t9-/m1/s1. The van der Waals surface area contributed by atoms with Gasteiger partial charge >= 0.3 is 5.97 Å². The number of aliphatic carboxylic acids is 1. The molecule has 0 aliphatic rings. The molecule has 0 spiro atoms. The van der Waals surface area contributed by atoms with Crippen LogP contribution in [0.15, 0.2) is 24.3 Å². The molecule has 0 saturated carbocycles. The number of rotatable bonds is 4. The minimum Gasteiger partial charge on any atom is -0.480 e. The smallest absolute Gasteiger partial charge is 0.326 e. The van der Waals surface area contributed by atoms with Crippen LogP contribution in [0.25, 0.3) is 0 Å². The summed E-state index contributed by atoms with van der Waals surface area (Å²) in [5, 5.41) is 11.5. The Labute approximate surface area is 81.6 Å². The van der Waals surface area contributed by atoms with Crippen LogP contribution in [0.3, 0.4) is 0 Å². The average molecular weight is 197 g/mol. The van der Waals surface area contributed by atoms with Gasteiger partial charge in [-0.3, -0.25) is 0 Å². The molecule has 1 aromatic rings. The highest BCUT2D eigenvalue weighted by Gasteiger charge is 2.13. The predicted molar refractivity (Wildman–Crippen MR) is 51.7 cm³/mol. The van der Waals surface area contributed by atoms with Crippen molar-refractivity contribution >= 4 is 11.7 Å². The van der Waals surface area contributed by atoms with Crippen LogP contribution in [0.1, 0.15) is 13.3 Å². The predicted octanol–water partition coefficient (Wildman–Crippen LogP) is 2.10. The second kappa shape index (κ2) is 4.60. The summed E-state index contributed by atoms with van der Waals surface area (Å²) in [6.45, 7) is 1.76. The number of halogens is 1. The highest BCUT2D eigenvalue weighted by atomic mass is 19.1. The molecule has 0 aliphatic carbocycles. The van der Waals surface area contributed by atoms with Gasteiger partial charge in [0.05, 0.1) is 0 Å². The van der Waals surface area contributed by atoms with Crippen molar-refractivity contribution in [1.82, 2.24) is 0 Å². The lowest BCUT2D eigenvalue weighted by molar-refractivity contribution is -0.137. The van der Waals surface area contributed by atoms with Crippen molar-refractivity contribution in [3.8, 4) is 0 Å². The first kappa shape index (κ1) is 10.5. The van der Waals surface area contributed by atoms with E-state index in [-0.39, 0.29) is 5.82 Å². The highest BCUT2D eigenvalue weighted by molar-refractivity contribution is 5.77. The molecule has 3 nitrogen and oxygen atoms in total. The van der Waals surface area contributed by atoms with Crippen LogP contribution in [0.4, 0.5) is 10.1 Å². The van der Waals surface area contributed by atoms with Crippen LogP contribution in [0.5, 0.6) is 0 Å². The van der Waals surface area contributed by atoms with Gasteiger partial charge < -0.3 is 10.4 Å². The maximum atomic E-state index is 12.7. The van der Waals surface area contributed by atoms with Crippen LogP contribution in [-0.2, 0) is 4.79 Å². The molecule has 0 amide bonds. The molecular formula is C10H12FNO2. The Morgan fingerprint density at radius 3 is 2.86 bits per heavy atom. The van der Waals surface area contributed by atoms with Crippen molar-refractivity contribution in [2.45, 2.75) is 19.4 Å². The fraction of sp³-hybridized carbons (Fsp3) is 0.300. The number of carboxylic acids is 1. The fourth-order valence-corrected chi connectivity index (χ4v) is 1.12. The summed E-state index contributed by atoms with van der Waals surface area (Å²) in [4.78, 5) is 10.7. The Balaban J connectivity index is 2.72. The van der Waals surface area contributed by atoms with Crippen molar-refractivity contribution in [3.05, 3.63) is 30.1 Å². The van der Waals surface area contributed by atoms with Gasteiger partial charge in [0.1, 0.15) is 11.9 Å². The minimum atomic E-state index is -0.934. The third kappa shape index (κ3) is 2.73. The van der Waals surface area contributed by atoms with E-state index in [9.17, 15) is 9.18 Å². The molecule has 0 aromatic heterocycles. The molecule has 2 N–H and O–H groups in total. The van der Waals surface area contributed by atoms with E-state index in [1.165, 1.54) is 18.2 Å². The zero-order chi connectivity index (χ0) is 10.6. The first-order valence-corrected chi connectivity index (χ1v) is 4.38. The van der Waals surface area contributed by atoms with Gasteiger partial charge in [-0.15, -0.1) is 0 Å². The molecule has 1 aromatic carbocycles. The van der Waals surface area contributed by atoms with Crippen molar-refractivity contribution in [1.29, 1.82) is 0 Å². The Hall–Kier alpha value is -1.58. The highest BCUT2D eigenvalue weighted by Crippen LogP contribution is 2.11. The number of hydrogen-bond donors (Lipinski definition) is 2. The Bertz CT molecular complexity index is 328. The van der Waals surface area contributed by atoms with E-state index in [0.29, 0.717) is 12.1 Å². The van der Waals surface area contributed by atoms with E-state index in [1.54, 1.807) is 13.0 Å². The summed E-state index contributed by atoms with van der Waals surface area (Å²) in [5.74, 6) is -1.31. The van der Waals surface area contributed by atoms with Gasteiger partial charge in [0.2, 0.25) is 0 Å². The van der Waals surface area contributed by atoms with Gasteiger partial charge in [0, 0.05) is 5.69 Å². The normalized spacial score (nSPS) is 12.1. The van der Waals surface area contributed by atoms with E-state index in [1.807, 2.05) is 0 Å². The van der Waals surface area contributed by atoms with Crippen LogP contribution in [-0.4, -0.2) is 17.1 Å². The topological polar surface area (TPSA) is 49.3 Å². The summed E-state index contributed by atoms with van der Waals surface area (Å²) in [7, 11) is 0.